The molecule has 0 saturated heterocycles. The van der Waals surface area contributed by atoms with Gasteiger partial charge in [-0.3, -0.25) is 4.98 Å². The number of pyridine rings is 2. The Bertz CT molecular complexity index is 721. The Labute approximate surface area is 122 Å². The van der Waals surface area contributed by atoms with Crippen molar-refractivity contribution in [1.29, 1.82) is 5.26 Å². The smallest absolute Gasteiger partial charge is 0.340 e. The van der Waals surface area contributed by atoms with Crippen LogP contribution in [0.4, 0.5) is 5.82 Å². The Morgan fingerprint density at radius 1 is 1.43 bits per heavy atom. The molecule has 2 aromatic heterocycles. The van der Waals surface area contributed by atoms with Gasteiger partial charge in [-0.05, 0) is 31.5 Å². The number of nitrogen functional groups attached to an aromatic ring is 1. The van der Waals surface area contributed by atoms with Crippen LogP contribution in [0.15, 0.2) is 24.5 Å². The fourth-order valence-corrected chi connectivity index (χ4v) is 2.10. The van der Waals surface area contributed by atoms with Gasteiger partial charge >= 0.3 is 5.97 Å². The fraction of sp³-hybridized carbons (Fsp3) is 0.200. The third-order valence-corrected chi connectivity index (χ3v) is 2.97. The molecular weight excluding hydrogens is 268 g/mol. The zero-order valence-corrected chi connectivity index (χ0v) is 11.8. The van der Waals surface area contributed by atoms with Crippen LogP contribution in [0.25, 0.3) is 11.1 Å². The normalized spacial score (nSPS) is 9.95. The number of hydrogen-bond acceptors (Lipinski definition) is 6. The van der Waals surface area contributed by atoms with Crippen molar-refractivity contribution in [3.8, 4) is 17.2 Å². The van der Waals surface area contributed by atoms with Crippen molar-refractivity contribution in [2.24, 2.45) is 0 Å². The van der Waals surface area contributed by atoms with Gasteiger partial charge in [0.15, 0.2) is 0 Å². The summed E-state index contributed by atoms with van der Waals surface area (Å²) in [4.78, 5) is 20.2. The van der Waals surface area contributed by atoms with Gasteiger partial charge in [0.25, 0.3) is 0 Å². The molecule has 0 saturated carbocycles. The lowest BCUT2D eigenvalue weighted by atomic mass is 9.95. The third kappa shape index (κ3) is 2.67. The highest BCUT2D eigenvalue weighted by Crippen LogP contribution is 2.32. The molecule has 0 radical (unpaired) electrons. The zero-order valence-electron chi connectivity index (χ0n) is 11.8. The molecule has 106 valence electrons. The fourth-order valence-electron chi connectivity index (χ4n) is 2.10. The SMILES string of the molecule is CCOC(=O)c1c(C)nc(N)c(C#N)c1-c1ccncc1. The topological polar surface area (TPSA) is 102 Å². The van der Waals surface area contributed by atoms with Crippen molar-refractivity contribution in [2.75, 3.05) is 12.3 Å². The Hall–Kier alpha value is -2.94. The van der Waals surface area contributed by atoms with E-state index in [9.17, 15) is 10.1 Å². The van der Waals surface area contributed by atoms with E-state index in [0.29, 0.717) is 16.8 Å². The molecule has 0 atom stereocenters. The second-order valence-electron chi connectivity index (χ2n) is 4.28. The second-order valence-corrected chi connectivity index (χ2v) is 4.28. The molecule has 0 aliphatic heterocycles. The summed E-state index contributed by atoms with van der Waals surface area (Å²) in [5, 5.41) is 9.35. The van der Waals surface area contributed by atoms with Crippen molar-refractivity contribution >= 4 is 11.8 Å². The molecule has 2 heterocycles. The number of nitrogens with two attached hydrogens (primary N) is 1. The van der Waals surface area contributed by atoms with E-state index in [4.69, 9.17) is 10.5 Å². The van der Waals surface area contributed by atoms with E-state index >= 15 is 0 Å². The van der Waals surface area contributed by atoms with Crippen LogP contribution in [-0.2, 0) is 4.74 Å². The summed E-state index contributed by atoms with van der Waals surface area (Å²) in [6, 6.07) is 5.42. The number of carbonyl (C=O) groups excluding carboxylic acids is 1. The first-order valence-corrected chi connectivity index (χ1v) is 6.37. The summed E-state index contributed by atoms with van der Waals surface area (Å²) in [7, 11) is 0. The maximum atomic E-state index is 12.2. The molecule has 0 aliphatic rings. The van der Waals surface area contributed by atoms with Gasteiger partial charge in [-0.25, -0.2) is 9.78 Å². The summed E-state index contributed by atoms with van der Waals surface area (Å²) in [6.45, 7) is 3.62. The monoisotopic (exact) mass is 282 g/mol. The molecule has 0 aromatic carbocycles. The van der Waals surface area contributed by atoms with Gasteiger partial charge in [-0.15, -0.1) is 0 Å². The average Bonchev–Trinajstić information content (AvgIpc) is 2.47. The quantitative estimate of drug-likeness (QED) is 0.865. The van der Waals surface area contributed by atoms with Crippen molar-refractivity contribution in [2.45, 2.75) is 13.8 Å². The summed E-state index contributed by atoms with van der Waals surface area (Å²) in [6.07, 6.45) is 3.16. The van der Waals surface area contributed by atoms with Crippen LogP contribution in [0.2, 0.25) is 0 Å². The number of anilines is 1. The lowest BCUT2D eigenvalue weighted by molar-refractivity contribution is 0.0526. The predicted molar refractivity (Wildman–Crippen MR) is 77.3 cm³/mol. The predicted octanol–water partition coefficient (Wildman–Crippen LogP) is 2.08. The molecule has 0 amide bonds. The number of carbonyl (C=O) groups is 1. The molecule has 0 aliphatic carbocycles. The van der Waals surface area contributed by atoms with Gasteiger partial charge in [0, 0.05) is 18.0 Å². The Morgan fingerprint density at radius 3 is 2.67 bits per heavy atom. The van der Waals surface area contributed by atoms with E-state index in [2.05, 4.69) is 9.97 Å². The van der Waals surface area contributed by atoms with Gasteiger partial charge in [0.1, 0.15) is 17.5 Å². The molecule has 6 heteroatoms. The molecule has 2 aromatic rings. The number of nitrogens with zero attached hydrogens (tertiary/aromatic N) is 3. The highest BCUT2D eigenvalue weighted by Gasteiger charge is 2.23. The second kappa shape index (κ2) is 6.01. The lowest BCUT2D eigenvalue weighted by Gasteiger charge is -2.14. The number of esters is 1. The summed E-state index contributed by atoms with van der Waals surface area (Å²) in [5.41, 5.74) is 7.76. The van der Waals surface area contributed by atoms with Crippen molar-refractivity contribution in [3.05, 3.63) is 41.3 Å². The standard InChI is InChI=1S/C15H14N4O2/c1-3-21-15(20)12-9(2)19-14(17)11(8-16)13(12)10-4-6-18-7-5-10/h4-7H,3H2,1-2H3,(H2,17,19). The number of aromatic nitrogens is 2. The molecular formula is C15H14N4O2. The summed E-state index contributed by atoms with van der Waals surface area (Å²) in [5.74, 6) is -0.430. The highest BCUT2D eigenvalue weighted by molar-refractivity contribution is 6.00. The first-order chi connectivity index (χ1) is 10.1. The van der Waals surface area contributed by atoms with Gasteiger partial charge in [0.05, 0.1) is 17.9 Å². The van der Waals surface area contributed by atoms with Crippen LogP contribution >= 0.6 is 0 Å². The molecule has 0 fully saturated rings. The van der Waals surface area contributed by atoms with Crippen LogP contribution in [-0.4, -0.2) is 22.5 Å². The first kappa shape index (κ1) is 14.5. The van der Waals surface area contributed by atoms with Gasteiger partial charge in [0.2, 0.25) is 0 Å². The Balaban J connectivity index is 2.81. The number of nitriles is 1. The van der Waals surface area contributed by atoms with Crippen molar-refractivity contribution in [1.82, 2.24) is 9.97 Å². The Kier molecular flexibility index (Phi) is 4.14. The largest absolute Gasteiger partial charge is 0.462 e. The van der Waals surface area contributed by atoms with Crippen LogP contribution in [0.1, 0.15) is 28.5 Å². The Morgan fingerprint density at radius 2 is 2.10 bits per heavy atom. The molecule has 6 nitrogen and oxygen atoms in total. The van der Waals surface area contributed by atoms with E-state index in [0.717, 1.165) is 0 Å². The highest BCUT2D eigenvalue weighted by atomic mass is 16.5. The number of hydrogen-bond donors (Lipinski definition) is 1. The molecule has 2 rings (SSSR count). The minimum Gasteiger partial charge on any atom is -0.462 e. The maximum Gasteiger partial charge on any atom is 0.340 e. The van der Waals surface area contributed by atoms with E-state index in [-0.39, 0.29) is 23.6 Å². The summed E-state index contributed by atoms with van der Waals surface area (Å²) >= 11 is 0. The van der Waals surface area contributed by atoms with Crippen LogP contribution in [0.5, 0.6) is 0 Å². The molecule has 21 heavy (non-hydrogen) atoms. The first-order valence-electron chi connectivity index (χ1n) is 6.37. The average molecular weight is 282 g/mol. The number of rotatable bonds is 3. The van der Waals surface area contributed by atoms with Crippen LogP contribution in [0, 0.1) is 18.3 Å². The molecule has 0 bridgehead atoms. The van der Waals surface area contributed by atoms with E-state index in [1.165, 1.54) is 0 Å². The van der Waals surface area contributed by atoms with E-state index < -0.39 is 5.97 Å². The van der Waals surface area contributed by atoms with Crippen LogP contribution < -0.4 is 5.73 Å². The van der Waals surface area contributed by atoms with Gasteiger partial charge in [-0.2, -0.15) is 5.26 Å². The number of ether oxygens (including phenoxy) is 1. The minimum absolute atomic E-state index is 0.0925. The van der Waals surface area contributed by atoms with Gasteiger partial charge in [-0.1, -0.05) is 0 Å². The van der Waals surface area contributed by atoms with Crippen molar-refractivity contribution in [3.63, 3.8) is 0 Å². The van der Waals surface area contributed by atoms with Crippen LogP contribution in [0.3, 0.4) is 0 Å². The van der Waals surface area contributed by atoms with E-state index in [1.807, 2.05) is 6.07 Å². The van der Waals surface area contributed by atoms with Gasteiger partial charge < -0.3 is 10.5 Å². The molecule has 0 unspecified atom stereocenters. The van der Waals surface area contributed by atoms with E-state index in [1.54, 1.807) is 38.4 Å². The zero-order chi connectivity index (χ0) is 15.4. The third-order valence-electron chi connectivity index (χ3n) is 2.97. The molecule has 0 spiro atoms. The van der Waals surface area contributed by atoms with Crippen molar-refractivity contribution < 1.29 is 9.53 Å². The molecule has 2 N–H and O–H groups in total. The minimum atomic E-state index is -0.522. The number of aryl methyl sites for hydroxylation is 1. The summed E-state index contributed by atoms with van der Waals surface area (Å²) < 4.78 is 5.07. The lowest BCUT2D eigenvalue weighted by Crippen LogP contribution is -2.13. The maximum absolute atomic E-state index is 12.2.